The third-order valence-corrected chi connectivity index (χ3v) is 5.35. The lowest BCUT2D eigenvalue weighted by Crippen LogP contribution is -2.43. The Labute approximate surface area is 154 Å². The standard InChI is InChI=1S/C19H28N4OS/c1-13-14(2)25-17(23-13)11-21-18(20-5)22-12-19(3,4)15-7-9-16(24-6)10-8-15/h7-10H,11-12H2,1-6H3,(H2,20,21,22). The maximum Gasteiger partial charge on any atom is 0.191 e. The molecule has 5 nitrogen and oxygen atoms in total. The molecule has 1 aromatic carbocycles. The number of aliphatic imine (C=N–C) groups is 1. The summed E-state index contributed by atoms with van der Waals surface area (Å²) in [6, 6.07) is 8.21. The summed E-state index contributed by atoms with van der Waals surface area (Å²) in [6.07, 6.45) is 0. The van der Waals surface area contributed by atoms with Crippen LogP contribution < -0.4 is 15.4 Å². The summed E-state index contributed by atoms with van der Waals surface area (Å²) >= 11 is 1.72. The maximum atomic E-state index is 5.23. The van der Waals surface area contributed by atoms with Crippen molar-refractivity contribution >= 4 is 17.3 Å². The minimum Gasteiger partial charge on any atom is -0.497 e. The van der Waals surface area contributed by atoms with E-state index in [9.17, 15) is 0 Å². The van der Waals surface area contributed by atoms with Crippen LogP contribution in [0.3, 0.4) is 0 Å². The van der Waals surface area contributed by atoms with Crippen molar-refractivity contribution in [2.24, 2.45) is 4.99 Å². The Kier molecular flexibility index (Phi) is 6.42. The monoisotopic (exact) mass is 360 g/mol. The van der Waals surface area contributed by atoms with Crippen molar-refractivity contribution < 1.29 is 4.74 Å². The highest BCUT2D eigenvalue weighted by atomic mass is 32.1. The first-order valence-electron chi connectivity index (χ1n) is 8.37. The number of hydrogen-bond donors (Lipinski definition) is 2. The Hall–Kier alpha value is -2.08. The SMILES string of the molecule is CN=C(NCc1nc(C)c(C)s1)NCC(C)(C)c1ccc(OC)cc1. The zero-order valence-electron chi connectivity index (χ0n) is 15.9. The number of benzene rings is 1. The highest BCUT2D eigenvalue weighted by Crippen LogP contribution is 2.24. The summed E-state index contributed by atoms with van der Waals surface area (Å²) in [5.41, 5.74) is 2.32. The van der Waals surface area contributed by atoms with Crippen LogP contribution in [0.1, 0.15) is 35.0 Å². The largest absolute Gasteiger partial charge is 0.497 e. The maximum absolute atomic E-state index is 5.23. The average molecular weight is 361 g/mol. The van der Waals surface area contributed by atoms with Gasteiger partial charge in [-0.05, 0) is 31.5 Å². The van der Waals surface area contributed by atoms with Gasteiger partial charge in [-0.25, -0.2) is 4.98 Å². The lowest BCUT2D eigenvalue weighted by Gasteiger charge is -2.27. The van der Waals surface area contributed by atoms with E-state index in [1.807, 2.05) is 19.1 Å². The molecule has 0 spiro atoms. The quantitative estimate of drug-likeness (QED) is 0.612. The summed E-state index contributed by atoms with van der Waals surface area (Å²) in [5.74, 6) is 1.66. The van der Waals surface area contributed by atoms with E-state index in [2.05, 4.69) is 53.5 Å². The van der Waals surface area contributed by atoms with Crippen LogP contribution >= 0.6 is 11.3 Å². The molecule has 25 heavy (non-hydrogen) atoms. The second-order valence-electron chi connectivity index (χ2n) is 6.64. The smallest absolute Gasteiger partial charge is 0.191 e. The number of aromatic nitrogens is 1. The number of guanidine groups is 1. The molecule has 0 aliphatic heterocycles. The molecule has 1 heterocycles. The number of hydrogen-bond acceptors (Lipinski definition) is 4. The highest BCUT2D eigenvalue weighted by molar-refractivity contribution is 7.11. The lowest BCUT2D eigenvalue weighted by molar-refractivity contribution is 0.414. The Bertz CT molecular complexity index is 700. The molecule has 0 bridgehead atoms. The summed E-state index contributed by atoms with van der Waals surface area (Å²) in [4.78, 5) is 10.1. The molecule has 0 saturated carbocycles. The number of methoxy groups -OCH3 is 1. The highest BCUT2D eigenvalue weighted by Gasteiger charge is 2.21. The number of nitrogens with zero attached hydrogens (tertiary/aromatic N) is 2. The van der Waals surface area contributed by atoms with Crippen molar-refractivity contribution in [3.63, 3.8) is 0 Å². The molecule has 0 saturated heterocycles. The second-order valence-corrected chi connectivity index (χ2v) is 7.93. The van der Waals surface area contributed by atoms with E-state index in [-0.39, 0.29) is 5.41 Å². The van der Waals surface area contributed by atoms with Gasteiger partial charge < -0.3 is 15.4 Å². The molecule has 0 aliphatic carbocycles. The van der Waals surface area contributed by atoms with E-state index < -0.39 is 0 Å². The van der Waals surface area contributed by atoms with Gasteiger partial charge in [0.25, 0.3) is 0 Å². The number of thiazole rings is 1. The fourth-order valence-corrected chi connectivity index (χ4v) is 3.32. The van der Waals surface area contributed by atoms with Crippen LogP contribution in [0, 0.1) is 13.8 Å². The molecule has 0 fully saturated rings. The molecular weight excluding hydrogens is 332 g/mol. The van der Waals surface area contributed by atoms with Gasteiger partial charge in [0.15, 0.2) is 5.96 Å². The van der Waals surface area contributed by atoms with Crippen LogP contribution in [0.2, 0.25) is 0 Å². The summed E-state index contributed by atoms with van der Waals surface area (Å²) in [5, 5.41) is 7.82. The third kappa shape index (κ3) is 5.19. The second kappa shape index (κ2) is 8.34. The van der Waals surface area contributed by atoms with Gasteiger partial charge in [0.2, 0.25) is 0 Å². The lowest BCUT2D eigenvalue weighted by atomic mass is 9.84. The van der Waals surface area contributed by atoms with Crippen molar-refractivity contribution in [2.75, 3.05) is 20.7 Å². The molecule has 0 aliphatic rings. The van der Waals surface area contributed by atoms with Gasteiger partial charge in [0, 0.05) is 23.9 Å². The van der Waals surface area contributed by atoms with E-state index in [1.165, 1.54) is 10.4 Å². The third-order valence-electron chi connectivity index (χ3n) is 4.27. The number of nitrogens with one attached hydrogen (secondary N) is 2. The van der Waals surface area contributed by atoms with E-state index in [0.717, 1.165) is 29.0 Å². The van der Waals surface area contributed by atoms with Gasteiger partial charge in [0.1, 0.15) is 10.8 Å². The molecule has 0 unspecified atom stereocenters. The summed E-state index contributed by atoms with van der Waals surface area (Å²) < 4.78 is 5.23. The predicted molar refractivity (Wildman–Crippen MR) is 106 cm³/mol. The predicted octanol–water partition coefficient (Wildman–Crippen LogP) is 3.41. The van der Waals surface area contributed by atoms with Crippen LogP contribution in [0.4, 0.5) is 0 Å². The van der Waals surface area contributed by atoms with Crippen LogP contribution in [0.25, 0.3) is 0 Å². The average Bonchev–Trinajstić information content (AvgIpc) is 2.93. The van der Waals surface area contributed by atoms with Crippen LogP contribution in [0.5, 0.6) is 5.75 Å². The van der Waals surface area contributed by atoms with Crippen molar-refractivity contribution in [1.82, 2.24) is 15.6 Å². The molecule has 6 heteroatoms. The zero-order valence-corrected chi connectivity index (χ0v) is 16.8. The Balaban J connectivity index is 1.92. The minimum absolute atomic E-state index is 0.0295. The van der Waals surface area contributed by atoms with Crippen molar-refractivity contribution in [2.45, 2.75) is 39.7 Å². The molecule has 136 valence electrons. The molecule has 2 rings (SSSR count). The Morgan fingerprint density at radius 1 is 1.20 bits per heavy atom. The van der Waals surface area contributed by atoms with Gasteiger partial charge in [-0.3, -0.25) is 4.99 Å². The van der Waals surface area contributed by atoms with Crippen molar-refractivity contribution in [3.05, 3.63) is 45.4 Å². The molecule has 0 amide bonds. The molecule has 2 N–H and O–H groups in total. The topological polar surface area (TPSA) is 58.5 Å². The van der Waals surface area contributed by atoms with E-state index in [1.54, 1.807) is 25.5 Å². The molecule has 1 aromatic heterocycles. The fourth-order valence-electron chi connectivity index (χ4n) is 2.44. The first-order valence-corrected chi connectivity index (χ1v) is 9.19. The van der Waals surface area contributed by atoms with E-state index >= 15 is 0 Å². The van der Waals surface area contributed by atoms with Crippen LogP contribution in [-0.4, -0.2) is 31.6 Å². The van der Waals surface area contributed by atoms with Gasteiger partial charge in [-0.15, -0.1) is 11.3 Å². The van der Waals surface area contributed by atoms with E-state index in [0.29, 0.717) is 6.54 Å². The minimum atomic E-state index is -0.0295. The van der Waals surface area contributed by atoms with Gasteiger partial charge >= 0.3 is 0 Å². The van der Waals surface area contributed by atoms with Crippen LogP contribution in [0.15, 0.2) is 29.3 Å². The number of ether oxygens (including phenoxy) is 1. The van der Waals surface area contributed by atoms with Gasteiger partial charge in [-0.2, -0.15) is 0 Å². The van der Waals surface area contributed by atoms with Crippen LogP contribution in [-0.2, 0) is 12.0 Å². The van der Waals surface area contributed by atoms with E-state index in [4.69, 9.17) is 4.74 Å². The first kappa shape index (κ1) is 19.2. The summed E-state index contributed by atoms with van der Waals surface area (Å²) in [6.45, 7) is 10.0. The zero-order chi connectivity index (χ0) is 18.4. The van der Waals surface area contributed by atoms with Gasteiger partial charge in [-0.1, -0.05) is 26.0 Å². The molecular formula is C19H28N4OS. The molecule has 0 atom stereocenters. The molecule has 0 radical (unpaired) electrons. The molecule has 2 aromatic rings. The number of aryl methyl sites for hydroxylation is 2. The Morgan fingerprint density at radius 3 is 2.40 bits per heavy atom. The number of rotatable bonds is 6. The summed E-state index contributed by atoms with van der Waals surface area (Å²) in [7, 11) is 3.47. The fraction of sp³-hybridized carbons (Fsp3) is 0.474. The van der Waals surface area contributed by atoms with Gasteiger partial charge in [0.05, 0.1) is 19.3 Å². The van der Waals surface area contributed by atoms with Crippen molar-refractivity contribution in [1.29, 1.82) is 0 Å². The first-order chi connectivity index (χ1) is 11.9. The van der Waals surface area contributed by atoms with Crippen molar-refractivity contribution in [3.8, 4) is 5.75 Å². The normalized spacial score (nSPS) is 12.2. The Morgan fingerprint density at radius 2 is 1.88 bits per heavy atom.